The Hall–Kier alpha value is -0.970. The van der Waals surface area contributed by atoms with E-state index in [9.17, 15) is 4.79 Å². The number of amides is 1. The van der Waals surface area contributed by atoms with Gasteiger partial charge in [-0.3, -0.25) is 4.79 Å². The molecule has 2 nitrogen and oxygen atoms in total. The van der Waals surface area contributed by atoms with Crippen molar-refractivity contribution in [2.75, 3.05) is 5.32 Å². The number of carbonyl (C=O) groups is 1. The first-order valence-electron chi connectivity index (χ1n) is 5.12. The van der Waals surface area contributed by atoms with Crippen molar-refractivity contribution in [3.8, 4) is 0 Å². The SMILES string of the molecule is O=C(Nc1ccc(Br)cc1)c1cc(S)ccc1Cl. The summed E-state index contributed by atoms with van der Waals surface area (Å²) in [6, 6.07) is 12.3. The monoisotopic (exact) mass is 341 g/mol. The molecule has 1 amide bonds. The minimum absolute atomic E-state index is 0.252. The Labute approximate surface area is 124 Å². The van der Waals surface area contributed by atoms with Crippen LogP contribution in [0.2, 0.25) is 5.02 Å². The van der Waals surface area contributed by atoms with E-state index in [1.807, 2.05) is 12.1 Å². The van der Waals surface area contributed by atoms with Crippen molar-refractivity contribution in [2.24, 2.45) is 0 Å². The summed E-state index contributed by atoms with van der Waals surface area (Å²) in [6.45, 7) is 0. The highest BCUT2D eigenvalue weighted by Crippen LogP contribution is 2.21. The summed E-state index contributed by atoms with van der Waals surface area (Å²) in [5.41, 5.74) is 1.12. The molecule has 0 aliphatic carbocycles. The lowest BCUT2D eigenvalue weighted by Crippen LogP contribution is -2.12. The van der Waals surface area contributed by atoms with Gasteiger partial charge in [-0.05, 0) is 42.5 Å². The van der Waals surface area contributed by atoms with Gasteiger partial charge in [0, 0.05) is 15.1 Å². The van der Waals surface area contributed by atoms with Crippen LogP contribution in [-0.4, -0.2) is 5.91 Å². The fourth-order valence-corrected chi connectivity index (χ4v) is 2.09. The number of anilines is 1. The van der Waals surface area contributed by atoms with Crippen molar-refractivity contribution < 1.29 is 4.79 Å². The molecule has 0 radical (unpaired) electrons. The smallest absolute Gasteiger partial charge is 0.257 e. The van der Waals surface area contributed by atoms with Gasteiger partial charge in [-0.15, -0.1) is 12.6 Å². The molecule has 0 aromatic heterocycles. The van der Waals surface area contributed by atoms with Crippen molar-refractivity contribution in [3.05, 3.63) is 57.5 Å². The highest BCUT2D eigenvalue weighted by atomic mass is 79.9. The van der Waals surface area contributed by atoms with E-state index in [0.29, 0.717) is 21.2 Å². The Morgan fingerprint density at radius 3 is 2.50 bits per heavy atom. The molecule has 0 spiro atoms. The lowest BCUT2D eigenvalue weighted by Gasteiger charge is -2.07. The second-order valence-corrected chi connectivity index (χ2v) is 5.46. The van der Waals surface area contributed by atoms with E-state index in [1.54, 1.807) is 30.3 Å². The molecule has 5 heteroatoms. The van der Waals surface area contributed by atoms with E-state index in [0.717, 1.165) is 4.47 Å². The number of benzene rings is 2. The van der Waals surface area contributed by atoms with Crippen LogP contribution < -0.4 is 5.32 Å². The minimum atomic E-state index is -0.252. The average Bonchev–Trinajstić information content (AvgIpc) is 2.35. The quantitative estimate of drug-likeness (QED) is 0.765. The largest absolute Gasteiger partial charge is 0.322 e. The molecule has 0 saturated heterocycles. The molecular formula is C13H9BrClNOS. The molecule has 2 rings (SSSR count). The molecule has 0 aliphatic heterocycles. The van der Waals surface area contributed by atoms with Crippen LogP contribution in [0.5, 0.6) is 0 Å². The van der Waals surface area contributed by atoms with Crippen molar-refractivity contribution in [2.45, 2.75) is 4.90 Å². The zero-order chi connectivity index (χ0) is 13.1. The molecule has 2 aromatic carbocycles. The summed E-state index contributed by atoms with van der Waals surface area (Å²) in [5.74, 6) is -0.252. The number of halogens is 2. The van der Waals surface area contributed by atoms with Gasteiger partial charge in [0.25, 0.3) is 5.91 Å². The second-order valence-electron chi connectivity index (χ2n) is 3.63. The fourth-order valence-electron chi connectivity index (χ4n) is 1.42. The maximum atomic E-state index is 12.0. The first-order valence-corrected chi connectivity index (χ1v) is 6.73. The molecule has 0 aliphatic rings. The van der Waals surface area contributed by atoms with Crippen LogP contribution in [-0.2, 0) is 0 Å². The second kappa shape index (κ2) is 5.78. The van der Waals surface area contributed by atoms with E-state index < -0.39 is 0 Å². The first-order chi connectivity index (χ1) is 8.56. The molecule has 0 atom stereocenters. The molecule has 0 fully saturated rings. The van der Waals surface area contributed by atoms with Gasteiger partial charge in [0.1, 0.15) is 0 Å². The highest BCUT2D eigenvalue weighted by Gasteiger charge is 2.10. The number of thiol groups is 1. The van der Waals surface area contributed by atoms with Crippen LogP contribution in [0.25, 0.3) is 0 Å². The van der Waals surface area contributed by atoms with E-state index in [4.69, 9.17) is 11.6 Å². The normalized spacial score (nSPS) is 10.2. The van der Waals surface area contributed by atoms with Gasteiger partial charge in [0.2, 0.25) is 0 Å². The third-order valence-electron chi connectivity index (χ3n) is 2.30. The van der Waals surface area contributed by atoms with Crippen molar-refractivity contribution in [3.63, 3.8) is 0 Å². The number of carbonyl (C=O) groups excluding carboxylic acids is 1. The van der Waals surface area contributed by atoms with Gasteiger partial charge in [-0.2, -0.15) is 0 Å². The van der Waals surface area contributed by atoms with Gasteiger partial charge >= 0.3 is 0 Å². The zero-order valence-electron chi connectivity index (χ0n) is 9.15. The van der Waals surface area contributed by atoms with Crippen molar-refractivity contribution in [1.82, 2.24) is 0 Å². The summed E-state index contributed by atoms with van der Waals surface area (Å²) in [4.78, 5) is 12.7. The topological polar surface area (TPSA) is 29.1 Å². The van der Waals surface area contributed by atoms with Gasteiger partial charge < -0.3 is 5.32 Å². The van der Waals surface area contributed by atoms with E-state index in [1.165, 1.54) is 0 Å². The first kappa shape index (κ1) is 13.5. The predicted molar refractivity (Wildman–Crippen MR) is 80.8 cm³/mol. The predicted octanol–water partition coefficient (Wildman–Crippen LogP) is 4.64. The van der Waals surface area contributed by atoms with Crippen LogP contribution in [0.4, 0.5) is 5.69 Å². The van der Waals surface area contributed by atoms with Crippen molar-refractivity contribution in [1.29, 1.82) is 0 Å². The number of hydrogen-bond acceptors (Lipinski definition) is 2. The molecule has 92 valence electrons. The number of rotatable bonds is 2. The summed E-state index contributed by atoms with van der Waals surface area (Å²) in [6.07, 6.45) is 0. The summed E-state index contributed by atoms with van der Waals surface area (Å²) in [5, 5.41) is 3.18. The molecule has 2 aromatic rings. The Kier molecular flexibility index (Phi) is 4.32. The molecule has 0 saturated carbocycles. The lowest BCUT2D eigenvalue weighted by atomic mass is 10.2. The van der Waals surface area contributed by atoms with Gasteiger partial charge in [-0.1, -0.05) is 27.5 Å². The Balaban J connectivity index is 2.21. The van der Waals surface area contributed by atoms with E-state index in [2.05, 4.69) is 33.9 Å². The number of hydrogen-bond donors (Lipinski definition) is 2. The third-order valence-corrected chi connectivity index (χ3v) is 3.43. The Bertz CT molecular complexity index is 586. The molecule has 1 N–H and O–H groups in total. The average molecular weight is 343 g/mol. The van der Waals surface area contributed by atoms with Gasteiger partial charge in [-0.25, -0.2) is 0 Å². The van der Waals surface area contributed by atoms with Gasteiger partial charge in [0.05, 0.1) is 10.6 Å². The molecule has 0 bridgehead atoms. The zero-order valence-corrected chi connectivity index (χ0v) is 12.4. The molecule has 0 unspecified atom stereocenters. The van der Waals surface area contributed by atoms with E-state index >= 15 is 0 Å². The van der Waals surface area contributed by atoms with E-state index in [-0.39, 0.29) is 5.91 Å². The van der Waals surface area contributed by atoms with Crippen LogP contribution in [0.1, 0.15) is 10.4 Å². The fraction of sp³-hybridized carbons (Fsp3) is 0. The maximum absolute atomic E-state index is 12.0. The number of nitrogens with one attached hydrogen (secondary N) is 1. The summed E-state index contributed by atoms with van der Waals surface area (Å²) >= 11 is 13.5. The van der Waals surface area contributed by atoms with Crippen LogP contribution >= 0.6 is 40.2 Å². The summed E-state index contributed by atoms with van der Waals surface area (Å²) in [7, 11) is 0. The maximum Gasteiger partial charge on any atom is 0.257 e. The Morgan fingerprint density at radius 1 is 1.17 bits per heavy atom. The summed E-state index contributed by atoms with van der Waals surface area (Å²) < 4.78 is 0.955. The third kappa shape index (κ3) is 3.28. The standard InChI is InChI=1S/C13H9BrClNOS/c14-8-1-3-9(4-2-8)16-13(17)11-7-10(18)5-6-12(11)15/h1-7,18H,(H,16,17). The molecule has 18 heavy (non-hydrogen) atoms. The molecular weight excluding hydrogens is 334 g/mol. The van der Waals surface area contributed by atoms with Crippen LogP contribution in [0, 0.1) is 0 Å². The minimum Gasteiger partial charge on any atom is -0.322 e. The van der Waals surface area contributed by atoms with Crippen LogP contribution in [0.3, 0.4) is 0 Å². The Morgan fingerprint density at radius 2 is 1.83 bits per heavy atom. The lowest BCUT2D eigenvalue weighted by molar-refractivity contribution is 0.102. The van der Waals surface area contributed by atoms with Gasteiger partial charge in [0.15, 0.2) is 0 Å². The van der Waals surface area contributed by atoms with Crippen LogP contribution in [0.15, 0.2) is 51.8 Å². The molecule has 0 heterocycles. The highest BCUT2D eigenvalue weighted by molar-refractivity contribution is 9.10. The van der Waals surface area contributed by atoms with Crippen molar-refractivity contribution >= 4 is 51.8 Å².